The Hall–Kier alpha value is -2.11. The molecule has 2 amide bonds. The highest BCUT2D eigenvalue weighted by molar-refractivity contribution is 6.30. The number of hydrogen-bond donors (Lipinski definition) is 1. The van der Waals surface area contributed by atoms with Gasteiger partial charge in [0.15, 0.2) is 0 Å². The number of amides is 2. The summed E-state index contributed by atoms with van der Waals surface area (Å²) >= 11 is 6.25. The molecule has 0 atom stereocenters. The van der Waals surface area contributed by atoms with Crippen molar-refractivity contribution in [2.24, 2.45) is 0 Å². The van der Waals surface area contributed by atoms with Crippen LogP contribution in [0, 0.1) is 0 Å². The Morgan fingerprint density at radius 2 is 2.07 bits per heavy atom. The lowest BCUT2D eigenvalue weighted by Crippen LogP contribution is -2.49. The van der Waals surface area contributed by atoms with Crippen LogP contribution in [0.5, 0.6) is 0 Å². The largest absolute Gasteiger partial charge is 0.381 e. The van der Waals surface area contributed by atoms with E-state index in [1.165, 1.54) is 5.56 Å². The molecule has 1 N–H and O–H groups in total. The number of aromatic nitrogens is 1. The number of urea groups is 1. The smallest absolute Gasteiger partial charge is 0.317 e. The van der Waals surface area contributed by atoms with Crippen LogP contribution in [0.15, 0.2) is 48.8 Å². The molecular weight excluding hydrogens is 374 g/mol. The Kier molecular flexibility index (Phi) is 5.83. The van der Waals surface area contributed by atoms with Crippen molar-refractivity contribution in [1.82, 2.24) is 15.2 Å². The van der Waals surface area contributed by atoms with Crippen LogP contribution in [0.4, 0.5) is 4.79 Å². The molecule has 148 valence electrons. The van der Waals surface area contributed by atoms with Crippen LogP contribution in [0.2, 0.25) is 5.02 Å². The van der Waals surface area contributed by atoms with Crippen LogP contribution in [0.3, 0.4) is 0 Å². The number of halogens is 1. The second kappa shape index (κ2) is 8.50. The molecule has 2 fully saturated rings. The maximum atomic E-state index is 13.0. The molecule has 6 heteroatoms. The van der Waals surface area contributed by atoms with Gasteiger partial charge in [-0.1, -0.05) is 29.8 Å². The summed E-state index contributed by atoms with van der Waals surface area (Å²) in [6.45, 7) is 2.58. The average Bonchev–Trinajstić information content (AvgIpc) is 3.57. The lowest BCUT2D eigenvalue weighted by Gasteiger charge is -2.38. The van der Waals surface area contributed by atoms with E-state index in [4.69, 9.17) is 16.3 Å². The van der Waals surface area contributed by atoms with E-state index in [0.29, 0.717) is 32.3 Å². The first-order valence-corrected chi connectivity index (χ1v) is 10.3. The fourth-order valence-electron chi connectivity index (χ4n) is 3.94. The van der Waals surface area contributed by atoms with Gasteiger partial charge >= 0.3 is 6.03 Å². The zero-order valence-electron chi connectivity index (χ0n) is 15.9. The van der Waals surface area contributed by atoms with E-state index in [-0.39, 0.29) is 11.4 Å². The normalized spacial score (nSPS) is 18.5. The molecule has 1 aliphatic heterocycles. The minimum absolute atomic E-state index is 0.000696. The van der Waals surface area contributed by atoms with Gasteiger partial charge in [0.05, 0.1) is 0 Å². The third-order valence-electron chi connectivity index (χ3n) is 5.79. The Bertz CT molecular complexity index is 804. The van der Waals surface area contributed by atoms with Gasteiger partial charge in [0, 0.05) is 55.2 Å². The van der Waals surface area contributed by atoms with Crippen LogP contribution >= 0.6 is 11.6 Å². The molecule has 2 aromatic rings. The summed E-state index contributed by atoms with van der Waals surface area (Å²) in [4.78, 5) is 19.2. The fourth-order valence-corrected chi connectivity index (χ4v) is 4.13. The highest BCUT2D eigenvalue weighted by Crippen LogP contribution is 2.36. The van der Waals surface area contributed by atoms with Crippen molar-refractivity contribution in [3.63, 3.8) is 0 Å². The first-order chi connectivity index (χ1) is 13.7. The summed E-state index contributed by atoms with van der Waals surface area (Å²) in [5, 5.41) is 3.95. The summed E-state index contributed by atoms with van der Waals surface area (Å²) in [7, 11) is 0. The van der Waals surface area contributed by atoms with E-state index in [1.54, 1.807) is 6.20 Å². The average molecular weight is 400 g/mol. The molecule has 1 saturated heterocycles. The molecule has 4 rings (SSSR count). The fraction of sp³-hybridized carbons (Fsp3) is 0.455. The van der Waals surface area contributed by atoms with Crippen LogP contribution < -0.4 is 5.32 Å². The van der Waals surface area contributed by atoms with Crippen LogP contribution in [-0.4, -0.2) is 41.7 Å². The second-order valence-electron chi connectivity index (χ2n) is 7.78. The van der Waals surface area contributed by atoms with E-state index >= 15 is 0 Å². The van der Waals surface area contributed by atoms with E-state index in [2.05, 4.69) is 16.4 Å². The molecular formula is C22H26ClN3O2. The summed E-state index contributed by atoms with van der Waals surface area (Å²) < 4.78 is 5.59. The first-order valence-electron chi connectivity index (χ1n) is 9.93. The zero-order chi connectivity index (χ0) is 19.4. The van der Waals surface area contributed by atoms with Crippen molar-refractivity contribution in [3.8, 4) is 0 Å². The number of ether oxygens (including phenoxy) is 1. The molecule has 1 aromatic carbocycles. The third kappa shape index (κ3) is 4.47. The number of rotatable bonds is 6. The van der Waals surface area contributed by atoms with Gasteiger partial charge < -0.3 is 15.0 Å². The maximum Gasteiger partial charge on any atom is 0.317 e. The van der Waals surface area contributed by atoms with E-state index in [1.807, 2.05) is 41.4 Å². The van der Waals surface area contributed by atoms with Crippen molar-refractivity contribution in [1.29, 1.82) is 0 Å². The lowest BCUT2D eigenvalue weighted by atomic mass is 9.74. The molecule has 1 aromatic heterocycles. The molecule has 2 heterocycles. The van der Waals surface area contributed by atoms with Crippen LogP contribution in [-0.2, 0) is 16.7 Å². The molecule has 0 radical (unpaired) electrons. The number of pyridine rings is 1. The Morgan fingerprint density at radius 1 is 1.25 bits per heavy atom. The molecule has 2 aliphatic rings. The van der Waals surface area contributed by atoms with Gasteiger partial charge in [-0.3, -0.25) is 4.98 Å². The summed E-state index contributed by atoms with van der Waals surface area (Å²) in [5.74, 6) is 0. The molecule has 5 nitrogen and oxygen atoms in total. The highest BCUT2D eigenvalue weighted by Gasteiger charge is 2.37. The predicted octanol–water partition coefficient (Wildman–Crippen LogP) is 4.16. The number of hydrogen-bond acceptors (Lipinski definition) is 3. The van der Waals surface area contributed by atoms with Gasteiger partial charge in [0.25, 0.3) is 0 Å². The Morgan fingerprint density at radius 3 is 2.75 bits per heavy atom. The Labute approximate surface area is 171 Å². The first kappa shape index (κ1) is 19.2. The minimum Gasteiger partial charge on any atom is -0.381 e. The minimum atomic E-state index is -0.137. The predicted molar refractivity (Wildman–Crippen MR) is 109 cm³/mol. The standard InChI is InChI=1S/C22H26ClN3O2/c23-19-5-1-4-18(13-19)22(8-11-28-12-9-22)16-25-21(27)26(20-6-7-20)15-17-3-2-10-24-14-17/h1-5,10,13-14,20H,6-9,11-12,15-16H2,(H,25,27). The summed E-state index contributed by atoms with van der Waals surface area (Å²) in [6.07, 6.45) is 7.47. The number of nitrogens with zero attached hydrogens (tertiary/aromatic N) is 2. The Balaban J connectivity index is 1.47. The number of carbonyl (C=O) groups is 1. The quantitative estimate of drug-likeness (QED) is 0.793. The second-order valence-corrected chi connectivity index (χ2v) is 8.22. The third-order valence-corrected chi connectivity index (χ3v) is 6.02. The lowest BCUT2D eigenvalue weighted by molar-refractivity contribution is 0.0500. The van der Waals surface area contributed by atoms with Gasteiger partial charge in [-0.2, -0.15) is 0 Å². The molecule has 0 bridgehead atoms. The molecule has 0 unspecified atom stereocenters. The van der Waals surface area contributed by atoms with Crippen molar-refractivity contribution in [2.75, 3.05) is 19.8 Å². The van der Waals surface area contributed by atoms with E-state index in [0.717, 1.165) is 36.3 Å². The monoisotopic (exact) mass is 399 g/mol. The van der Waals surface area contributed by atoms with Crippen molar-refractivity contribution in [2.45, 2.75) is 43.7 Å². The highest BCUT2D eigenvalue weighted by atomic mass is 35.5. The number of nitrogens with one attached hydrogen (secondary N) is 1. The van der Waals surface area contributed by atoms with Crippen LogP contribution in [0.25, 0.3) is 0 Å². The van der Waals surface area contributed by atoms with Gasteiger partial charge in [-0.15, -0.1) is 0 Å². The number of carbonyl (C=O) groups excluding carboxylic acids is 1. The SMILES string of the molecule is O=C(NCC1(c2cccc(Cl)c2)CCOCC1)N(Cc1cccnc1)C1CC1. The van der Waals surface area contributed by atoms with E-state index in [9.17, 15) is 4.79 Å². The summed E-state index contributed by atoms with van der Waals surface area (Å²) in [5.41, 5.74) is 2.09. The van der Waals surface area contributed by atoms with Crippen molar-refractivity contribution < 1.29 is 9.53 Å². The molecule has 28 heavy (non-hydrogen) atoms. The topological polar surface area (TPSA) is 54.5 Å². The summed E-state index contributed by atoms with van der Waals surface area (Å²) in [6, 6.07) is 12.3. The van der Waals surface area contributed by atoms with Crippen LogP contribution in [0.1, 0.15) is 36.8 Å². The molecule has 1 aliphatic carbocycles. The molecule has 0 spiro atoms. The maximum absolute atomic E-state index is 13.0. The zero-order valence-corrected chi connectivity index (χ0v) is 16.7. The van der Waals surface area contributed by atoms with Gasteiger partial charge in [0.1, 0.15) is 0 Å². The van der Waals surface area contributed by atoms with Gasteiger partial charge in [-0.25, -0.2) is 4.79 Å². The molecule has 1 saturated carbocycles. The number of benzene rings is 1. The van der Waals surface area contributed by atoms with Crippen molar-refractivity contribution >= 4 is 17.6 Å². The van der Waals surface area contributed by atoms with Gasteiger partial charge in [0.2, 0.25) is 0 Å². The van der Waals surface area contributed by atoms with Crippen molar-refractivity contribution in [3.05, 3.63) is 64.9 Å². The van der Waals surface area contributed by atoms with E-state index < -0.39 is 0 Å². The van der Waals surface area contributed by atoms with Gasteiger partial charge in [-0.05, 0) is 55.0 Å².